The van der Waals surface area contributed by atoms with Gasteiger partial charge in [0.25, 0.3) is 0 Å². The summed E-state index contributed by atoms with van der Waals surface area (Å²) in [5, 5.41) is 6.48. The second kappa shape index (κ2) is 12.3. The van der Waals surface area contributed by atoms with Gasteiger partial charge in [-0.05, 0) is 71.8 Å². The van der Waals surface area contributed by atoms with Gasteiger partial charge in [0.15, 0.2) is 17.5 Å². The van der Waals surface area contributed by atoms with E-state index in [4.69, 9.17) is 23.8 Å². The predicted molar refractivity (Wildman–Crippen MR) is 230 cm³/mol. The molecule has 0 saturated carbocycles. The number of para-hydroxylation sites is 2. The van der Waals surface area contributed by atoms with Crippen LogP contribution in [-0.2, 0) is 0 Å². The van der Waals surface area contributed by atoms with Gasteiger partial charge in [0, 0.05) is 54.7 Å². The van der Waals surface area contributed by atoms with Crippen molar-refractivity contribution >= 4 is 65.7 Å². The molecule has 0 aliphatic rings. The summed E-state index contributed by atoms with van der Waals surface area (Å²) in [6.45, 7) is 0. The van der Waals surface area contributed by atoms with Gasteiger partial charge in [-0.15, -0.1) is 0 Å². The highest BCUT2D eigenvalue weighted by Gasteiger charge is 2.20. The van der Waals surface area contributed by atoms with Crippen LogP contribution >= 0.6 is 0 Å². The van der Waals surface area contributed by atoms with Crippen molar-refractivity contribution in [2.45, 2.75) is 0 Å². The quantitative estimate of drug-likeness (QED) is 0.176. The van der Waals surface area contributed by atoms with Crippen LogP contribution in [0.5, 0.6) is 0 Å². The van der Waals surface area contributed by atoms with Crippen LogP contribution in [0, 0.1) is 0 Å². The minimum Gasteiger partial charge on any atom is -0.456 e. The molecule has 0 spiro atoms. The van der Waals surface area contributed by atoms with Crippen molar-refractivity contribution in [2.75, 3.05) is 0 Å². The summed E-state index contributed by atoms with van der Waals surface area (Å²) >= 11 is 0. The van der Waals surface area contributed by atoms with Crippen molar-refractivity contribution in [3.05, 3.63) is 182 Å². The van der Waals surface area contributed by atoms with Crippen LogP contribution in [0.3, 0.4) is 0 Å². The minimum absolute atomic E-state index is 0.557. The normalized spacial score (nSPS) is 11.9. The van der Waals surface area contributed by atoms with Gasteiger partial charge in [-0.2, -0.15) is 0 Å². The molecule has 0 amide bonds. The lowest BCUT2D eigenvalue weighted by Crippen LogP contribution is -2.00. The summed E-state index contributed by atoms with van der Waals surface area (Å²) in [7, 11) is 0. The number of rotatable bonds is 5. The third kappa shape index (κ3) is 5.01. The summed E-state index contributed by atoms with van der Waals surface area (Å²) in [5.74, 6) is 1.71. The first kappa shape index (κ1) is 31.5. The molecule has 0 unspecified atom stereocenters. The van der Waals surface area contributed by atoms with Crippen molar-refractivity contribution in [3.63, 3.8) is 0 Å². The highest BCUT2D eigenvalue weighted by atomic mass is 16.3. The lowest BCUT2D eigenvalue weighted by Gasteiger charge is -2.10. The molecule has 6 heteroatoms. The van der Waals surface area contributed by atoms with Gasteiger partial charge in [0.05, 0.1) is 11.0 Å². The monoisotopic (exact) mass is 730 g/mol. The molecule has 0 saturated heterocycles. The molecule has 0 fully saturated rings. The van der Waals surface area contributed by atoms with E-state index in [9.17, 15) is 0 Å². The Balaban J connectivity index is 1.04. The molecule has 0 N–H and O–H groups in total. The van der Waals surface area contributed by atoms with Crippen molar-refractivity contribution in [1.29, 1.82) is 0 Å². The van der Waals surface area contributed by atoms with Crippen molar-refractivity contribution in [2.24, 2.45) is 0 Å². The largest absolute Gasteiger partial charge is 0.456 e. The van der Waals surface area contributed by atoms with Crippen LogP contribution in [0.25, 0.3) is 117 Å². The molecule has 0 aliphatic carbocycles. The molecule has 266 valence electrons. The third-order valence-corrected chi connectivity index (χ3v) is 11.1. The zero-order chi connectivity index (χ0) is 37.5. The maximum Gasteiger partial charge on any atom is 0.164 e. The zero-order valence-corrected chi connectivity index (χ0v) is 30.4. The Bertz CT molecular complexity index is 3470. The fourth-order valence-corrected chi connectivity index (χ4v) is 8.41. The van der Waals surface area contributed by atoms with Crippen LogP contribution in [0.1, 0.15) is 0 Å². The molecular formula is C51H30N4O2. The third-order valence-electron chi connectivity index (χ3n) is 11.1. The number of furan rings is 2. The first-order valence-electron chi connectivity index (χ1n) is 19.0. The van der Waals surface area contributed by atoms with Crippen molar-refractivity contribution < 1.29 is 8.83 Å². The summed E-state index contributed by atoms with van der Waals surface area (Å²) in [6.07, 6.45) is 0. The van der Waals surface area contributed by atoms with Crippen LogP contribution in [0.15, 0.2) is 191 Å². The van der Waals surface area contributed by atoms with Gasteiger partial charge >= 0.3 is 0 Å². The highest BCUT2D eigenvalue weighted by molar-refractivity contribution is 6.14. The van der Waals surface area contributed by atoms with E-state index in [1.54, 1.807) is 0 Å². The van der Waals surface area contributed by atoms with E-state index in [1.807, 2.05) is 54.6 Å². The van der Waals surface area contributed by atoms with E-state index >= 15 is 0 Å². The first-order valence-corrected chi connectivity index (χ1v) is 19.0. The predicted octanol–water partition coefficient (Wildman–Crippen LogP) is 13.4. The molecule has 57 heavy (non-hydrogen) atoms. The standard InChI is InChI=1S/C51H30N4O2/c1-3-12-31(13-4-1)33-23-26-44-40(28-33)38-25-22-34(29-47(38)57-44)50-52-49(32-14-5-2-6-15-32)53-51(54-50)39-18-11-21-46-48(39)41-30-35(24-27-45(41)56-46)55-42-19-9-7-16-36(42)37-17-8-10-20-43(37)55/h1-30H. The van der Waals surface area contributed by atoms with E-state index in [0.29, 0.717) is 17.5 Å². The molecule has 0 radical (unpaired) electrons. The number of benzene rings is 8. The second-order valence-electron chi connectivity index (χ2n) is 14.4. The number of hydrogen-bond donors (Lipinski definition) is 0. The lowest BCUT2D eigenvalue weighted by atomic mass is 10.0. The van der Waals surface area contributed by atoms with Gasteiger partial charge in [-0.3, -0.25) is 0 Å². The Morgan fingerprint density at radius 1 is 0.333 bits per heavy atom. The molecule has 4 aromatic heterocycles. The van der Waals surface area contributed by atoms with Crippen molar-refractivity contribution in [3.8, 4) is 51.0 Å². The number of nitrogens with zero attached hydrogens (tertiary/aromatic N) is 4. The average Bonchev–Trinajstić information content (AvgIpc) is 3.95. The lowest BCUT2D eigenvalue weighted by molar-refractivity contribution is 0.668. The van der Waals surface area contributed by atoms with E-state index in [2.05, 4.69) is 132 Å². The van der Waals surface area contributed by atoms with Crippen LogP contribution in [-0.4, -0.2) is 19.5 Å². The zero-order valence-electron chi connectivity index (χ0n) is 30.4. The van der Waals surface area contributed by atoms with E-state index in [0.717, 1.165) is 82.9 Å². The maximum absolute atomic E-state index is 6.51. The molecule has 12 aromatic rings. The molecule has 8 aromatic carbocycles. The molecule has 12 rings (SSSR count). The number of hydrogen-bond acceptors (Lipinski definition) is 5. The molecule has 0 aliphatic heterocycles. The molecule has 0 atom stereocenters. The van der Waals surface area contributed by atoms with E-state index in [1.165, 1.54) is 16.3 Å². The topological polar surface area (TPSA) is 69.9 Å². The summed E-state index contributed by atoms with van der Waals surface area (Å²) in [6, 6.07) is 62.7. The number of aromatic nitrogens is 4. The van der Waals surface area contributed by atoms with Crippen LogP contribution in [0.2, 0.25) is 0 Å². The van der Waals surface area contributed by atoms with Crippen LogP contribution < -0.4 is 0 Å². The summed E-state index contributed by atoms with van der Waals surface area (Å²) < 4.78 is 15.3. The summed E-state index contributed by atoms with van der Waals surface area (Å²) in [5.41, 5.74) is 11.4. The molecule has 4 heterocycles. The maximum atomic E-state index is 6.51. The van der Waals surface area contributed by atoms with Gasteiger partial charge < -0.3 is 13.4 Å². The second-order valence-corrected chi connectivity index (χ2v) is 14.4. The van der Waals surface area contributed by atoms with Crippen molar-refractivity contribution in [1.82, 2.24) is 19.5 Å². The van der Waals surface area contributed by atoms with Gasteiger partial charge in [-0.25, -0.2) is 15.0 Å². The van der Waals surface area contributed by atoms with Gasteiger partial charge in [0.2, 0.25) is 0 Å². The Labute approximate surface area is 325 Å². The average molecular weight is 731 g/mol. The van der Waals surface area contributed by atoms with E-state index < -0.39 is 0 Å². The van der Waals surface area contributed by atoms with Gasteiger partial charge in [-0.1, -0.05) is 121 Å². The molecule has 0 bridgehead atoms. The Morgan fingerprint density at radius 3 is 1.72 bits per heavy atom. The first-order chi connectivity index (χ1) is 28.2. The highest BCUT2D eigenvalue weighted by Crippen LogP contribution is 2.40. The molecule has 6 nitrogen and oxygen atoms in total. The van der Waals surface area contributed by atoms with Crippen LogP contribution in [0.4, 0.5) is 0 Å². The minimum atomic E-state index is 0.557. The summed E-state index contributed by atoms with van der Waals surface area (Å²) in [4.78, 5) is 15.4. The van der Waals surface area contributed by atoms with E-state index in [-0.39, 0.29) is 0 Å². The SMILES string of the molecule is c1ccc(-c2ccc3oc4cc(-c5nc(-c6ccccc6)nc(-c6cccc7oc8ccc(-n9c%10ccccc%10c%10ccccc%109)cc8c67)n5)ccc4c3c2)cc1. The Morgan fingerprint density at radius 2 is 0.947 bits per heavy atom. The Hall–Kier alpha value is -7.83. The van der Waals surface area contributed by atoms with Gasteiger partial charge in [0.1, 0.15) is 22.3 Å². The molecular weight excluding hydrogens is 701 g/mol. The smallest absolute Gasteiger partial charge is 0.164 e. The number of fused-ring (bicyclic) bond motifs is 9. The fraction of sp³-hybridized carbons (Fsp3) is 0. The Kier molecular flexibility index (Phi) is 6.83. The fourth-order valence-electron chi connectivity index (χ4n) is 8.41.